The monoisotopic (exact) mass is 302 g/mol. The van der Waals surface area contributed by atoms with Crippen LogP contribution in [0.4, 0.5) is 4.39 Å². The summed E-state index contributed by atoms with van der Waals surface area (Å²) in [6, 6.07) is 4.50. The molecule has 0 aliphatic carbocycles. The lowest BCUT2D eigenvalue weighted by atomic mass is 9.74. The summed E-state index contributed by atoms with van der Waals surface area (Å²) < 4.78 is 13.9. The Balaban J connectivity index is 3.06. The first kappa shape index (κ1) is 14.2. The molecule has 0 aliphatic heterocycles. The van der Waals surface area contributed by atoms with Gasteiger partial charge in [-0.15, -0.1) is 0 Å². The molecule has 0 amide bonds. The van der Waals surface area contributed by atoms with Crippen LogP contribution in [0, 0.1) is 17.2 Å². The van der Waals surface area contributed by atoms with Crippen molar-refractivity contribution < 1.29 is 14.3 Å². The molecule has 1 rings (SSSR count). The summed E-state index contributed by atoms with van der Waals surface area (Å²) in [6.07, 6.45) is 0.316. The lowest BCUT2D eigenvalue weighted by Gasteiger charge is -2.29. The highest BCUT2D eigenvalue weighted by Crippen LogP contribution is 2.32. The molecular formula is C13H16BrFO2. The van der Waals surface area contributed by atoms with Gasteiger partial charge in [0.15, 0.2) is 0 Å². The van der Waals surface area contributed by atoms with Crippen LogP contribution in [0.1, 0.15) is 26.3 Å². The summed E-state index contributed by atoms with van der Waals surface area (Å²) in [5.41, 5.74) is -0.191. The SMILES string of the molecule is CC(C)C(C)(Cc1cc(F)cc(Br)c1)C(=O)O. The summed E-state index contributed by atoms with van der Waals surface area (Å²) in [5, 5.41) is 9.30. The van der Waals surface area contributed by atoms with Gasteiger partial charge in [-0.2, -0.15) is 0 Å². The maximum Gasteiger partial charge on any atom is 0.309 e. The van der Waals surface area contributed by atoms with Crippen LogP contribution in [0.3, 0.4) is 0 Å². The average Bonchev–Trinajstić information content (AvgIpc) is 2.14. The Hall–Kier alpha value is -0.900. The van der Waals surface area contributed by atoms with E-state index in [9.17, 15) is 14.3 Å². The molecule has 0 bridgehead atoms. The second kappa shape index (κ2) is 5.17. The third-order valence-electron chi connectivity index (χ3n) is 3.26. The van der Waals surface area contributed by atoms with Gasteiger partial charge >= 0.3 is 5.97 Å². The van der Waals surface area contributed by atoms with Crippen LogP contribution in [-0.4, -0.2) is 11.1 Å². The van der Waals surface area contributed by atoms with Gasteiger partial charge < -0.3 is 5.11 Å². The molecule has 2 nitrogen and oxygen atoms in total. The van der Waals surface area contributed by atoms with Crippen LogP contribution in [0.25, 0.3) is 0 Å². The third kappa shape index (κ3) is 3.28. The Bertz CT molecular complexity index is 411. The zero-order valence-corrected chi connectivity index (χ0v) is 11.7. The second-order valence-electron chi connectivity index (χ2n) is 4.83. The van der Waals surface area contributed by atoms with Crippen LogP contribution in [0.5, 0.6) is 0 Å². The molecule has 1 atom stereocenters. The van der Waals surface area contributed by atoms with E-state index in [2.05, 4.69) is 15.9 Å². The number of carboxylic acids is 1. The number of hydrogen-bond donors (Lipinski definition) is 1. The summed E-state index contributed by atoms with van der Waals surface area (Å²) in [6.45, 7) is 5.42. The first-order valence-corrected chi connectivity index (χ1v) is 6.23. The zero-order chi connectivity index (χ0) is 13.2. The fourth-order valence-electron chi connectivity index (χ4n) is 1.66. The van der Waals surface area contributed by atoms with Crippen LogP contribution >= 0.6 is 15.9 Å². The summed E-state index contributed by atoms with van der Waals surface area (Å²) >= 11 is 3.21. The number of aliphatic carboxylic acids is 1. The predicted octanol–water partition coefficient (Wildman–Crippen LogP) is 3.88. The van der Waals surface area contributed by atoms with Crippen molar-refractivity contribution in [2.75, 3.05) is 0 Å². The molecule has 1 aromatic rings. The van der Waals surface area contributed by atoms with E-state index in [0.717, 1.165) is 0 Å². The number of benzene rings is 1. The van der Waals surface area contributed by atoms with E-state index >= 15 is 0 Å². The fraction of sp³-hybridized carbons (Fsp3) is 0.462. The van der Waals surface area contributed by atoms with Crippen LogP contribution < -0.4 is 0 Å². The van der Waals surface area contributed by atoms with Gasteiger partial charge in [0.2, 0.25) is 0 Å². The molecule has 1 aromatic carbocycles. The van der Waals surface area contributed by atoms with Gasteiger partial charge in [-0.3, -0.25) is 4.79 Å². The van der Waals surface area contributed by atoms with Gasteiger partial charge in [0.25, 0.3) is 0 Å². The summed E-state index contributed by atoms with van der Waals surface area (Å²) in [7, 11) is 0. The van der Waals surface area contributed by atoms with Gasteiger partial charge in [0.05, 0.1) is 5.41 Å². The number of rotatable bonds is 4. The van der Waals surface area contributed by atoms with E-state index in [1.807, 2.05) is 13.8 Å². The van der Waals surface area contributed by atoms with Gasteiger partial charge in [0.1, 0.15) is 5.82 Å². The maximum absolute atomic E-state index is 13.2. The zero-order valence-electron chi connectivity index (χ0n) is 10.1. The number of carboxylic acid groups (broad SMARTS) is 1. The molecular weight excluding hydrogens is 287 g/mol. The van der Waals surface area contributed by atoms with Crippen molar-refractivity contribution in [1.82, 2.24) is 0 Å². The highest BCUT2D eigenvalue weighted by molar-refractivity contribution is 9.10. The van der Waals surface area contributed by atoms with E-state index in [1.54, 1.807) is 13.0 Å². The van der Waals surface area contributed by atoms with E-state index in [0.29, 0.717) is 16.5 Å². The summed E-state index contributed by atoms with van der Waals surface area (Å²) in [5.74, 6) is -1.24. The van der Waals surface area contributed by atoms with Crippen molar-refractivity contribution in [3.05, 3.63) is 34.1 Å². The minimum absolute atomic E-state index is 0.0259. The van der Waals surface area contributed by atoms with E-state index in [1.165, 1.54) is 12.1 Å². The van der Waals surface area contributed by atoms with Crippen molar-refractivity contribution >= 4 is 21.9 Å². The van der Waals surface area contributed by atoms with Crippen molar-refractivity contribution in [2.45, 2.75) is 27.2 Å². The highest BCUT2D eigenvalue weighted by atomic mass is 79.9. The fourth-order valence-corrected chi connectivity index (χ4v) is 2.18. The third-order valence-corrected chi connectivity index (χ3v) is 3.71. The highest BCUT2D eigenvalue weighted by Gasteiger charge is 2.36. The van der Waals surface area contributed by atoms with Crippen molar-refractivity contribution in [2.24, 2.45) is 11.3 Å². The number of halogens is 2. The first-order chi connectivity index (χ1) is 7.75. The Morgan fingerprint density at radius 3 is 2.47 bits per heavy atom. The Morgan fingerprint density at radius 1 is 1.47 bits per heavy atom. The molecule has 0 heterocycles. The largest absolute Gasteiger partial charge is 0.481 e. The number of carbonyl (C=O) groups is 1. The molecule has 0 aromatic heterocycles. The number of hydrogen-bond acceptors (Lipinski definition) is 1. The van der Waals surface area contributed by atoms with Gasteiger partial charge in [-0.1, -0.05) is 29.8 Å². The maximum atomic E-state index is 13.2. The van der Waals surface area contributed by atoms with E-state index < -0.39 is 11.4 Å². The molecule has 0 fully saturated rings. The molecule has 4 heteroatoms. The van der Waals surface area contributed by atoms with E-state index in [-0.39, 0.29) is 11.7 Å². The minimum Gasteiger partial charge on any atom is -0.481 e. The van der Waals surface area contributed by atoms with Crippen molar-refractivity contribution in [3.63, 3.8) is 0 Å². The molecule has 0 spiro atoms. The van der Waals surface area contributed by atoms with Crippen molar-refractivity contribution in [1.29, 1.82) is 0 Å². The van der Waals surface area contributed by atoms with Gasteiger partial charge in [-0.05, 0) is 43.0 Å². The average molecular weight is 303 g/mol. The molecule has 94 valence electrons. The van der Waals surface area contributed by atoms with Gasteiger partial charge in [0, 0.05) is 4.47 Å². The topological polar surface area (TPSA) is 37.3 Å². The molecule has 0 aliphatic rings. The van der Waals surface area contributed by atoms with Crippen LogP contribution in [0.15, 0.2) is 22.7 Å². The summed E-state index contributed by atoms with van der Waals surface area (Å²) in [4.78, 5) is 11.3. The quantitative estimate of drug-likeness (QED) is 0.916. The normalized spacial score (nSPS) is 14.7. The lowest BCUT2D eigenvalue weighted by molar-refractivity contribution is -0.150. The molecule has 1 unspecified atom stereocenters. The molecule has 1 N–H and O–H groups in total. The Labute approximate surface area is 109 Å². The first-order valence-electron chi connectivity index (χ1n) is 5.44. The van der Waals surface area contributed by atoms with Crippen LogP contribution in [0.2, 0.25) is 0 Å². The molecule has 0 saturated heterocycles. The molecule has 0 saturated carbocycles. The Kier molecular flexibility index (Phi) is 4.31. The molecule has 17 heavy (non-hydrogen) atoms. The Morgan fingerprint density at radius 2 is 2.06 bits per heavy atom. The van der Waals surface area contributed by atoms with E-state index in [4.69, 9.17) is 0 Å². The lowest BCUT2D eigenvalue weighted by Crippen LogP contribution is -2.35. The van der Waals surface area contributed by atoms with Gasteiger partial charge in [-0.25, -0.2) is 4.39 Å². The van der Waals surface area contributed by atoms with Crippen molar-refractivity contribution in [3.8, 4) is 0 Å². The standard InChI is InChI=1S/C13H16BrFO2/c1-8(2)13(3,12(16)17)7-9-4-10(14)6-11(15)5-9/h4-6,8H,7H2,1-3H3,(H,16,17). The predicted molar refractivity (Wildman–Crippen MR) is 68.4 cm³/mol. The minimum atomic E-state index is -0.882. The smallest absolute Gasteiger partial charge is 0.309 e. The van der Waals surface area contributed by atoms with Crippen LogP contribution in [-0.2, 0) is 11.2 Å². The molecule has 0 radical (unpaired) electrons. The second-order valence-corrected chi connectivity index (χ2v) is 5.75.